The molecule has 0 aliphatic carbocycles. The highest BCUT2D eigenvalue weighted by Crippen LogP contribution is 2.36. The molecule has 2 rings (SSSR count). The number of carbonyl (C=O) groups is 1. The summed E-state index contributed by atoms with van der Waals surface area (Å²) in [5.74, 6) is 1.37. The minimum Gasteiger partial charge on any atom is -0.493 e. The zero-order valence-electron chi connectivity index (χ0n) is 14.7. The molecule has 1 fully saturated rings. The third-order valence-corrected chi connectivity index (χ3v) is 4.39. The number of nitrogens with one attached hydrogen (secondary N) is 2. The summed E-state index contributed by atoms with van der Waals surface area (Å²) in [7, 11) is 1.55. The Labute approximate surface area is 149 Å². The van der Waals surface area contributed by atoms with Crippen LogP contribution in [0.1, 0.15) is 43.5 Å². The van der Waals surface area contributed by atoms with Crippen LogP contribution in [0.25, 0.3) is 0 Å². The fourth-order valence-corrected chi connectivity index (χ4v) is 2.90. The van der Waals surface area contributed by atoms with Gasteiger partial charge in [0.1, 0.15) is 0 Å². The molecule has 1 aromatic rings. The first-order valence-corrected chi connectivity index (χ1v) is 8.91. The van der Waals surface area contributed by atoms with Crippen LogP contribution in [-0.4, -0.2) is 38.8 Å². The van der Waals surface area contributed by atoms with E-state index in [4.69, 9.17) is 21.1 Å². The molecule has 1 amide bonds. The first-order chi connectivity index (χ1) is 11.5. The predicted molar refractivity (Wildman–Crippen MR) is 96.3 cm³/mol. The van der Waals surface area contributed by atoms with E-state index in [1.54, 1.807) is 19.2 Å². The van der Waals surface area contributed by atoms with Crippen LogP contribution in [-0.2, 0) is 0 Å². The van der Waals surface area contributed by atoms with Gasteiger partial charge in [-0.1, -0.05) is 25.4 Å². The van der Waals surface area contributed by atoms with Gasteiger partial charge in [0.2, 0.25) is 0 Å². The lowest BCUT2D eigenvalue weighted by Crippen LogP contribution is -2.37. The first kappa shape index (κ1) is 18.9. The fraction of sp³-hybridized carbons (Fsp3) is 0.611. The Morgan fingerprint density at radius 2 is 2.25 bits per heavy atom. The molecule has 0 bridgehead atoms. The van der Waals surface area contributed by atoms with E-state index in [0.717, 1.165) is 25.8 Å². The largest absolute Gasteiger partial charge is 0.493 e. The van der Waals surface area contributed by atoms with E-state index in [1.807, 2.05) is 0 Å². The molecule has 0 spiro atoms. The van der Waals surface area contributed by atoms with Crippen LogP contribution < -0.4 is 20.1 Å². The van der Waals surface area contributed by atoms with Crippen molar-refractivity contribution in [3.63, 3.8) is 0 Å². The van der Waals surface area contributed by atoms with Crippen LogP contribution in [0.3, 0.4) is 0 Å². The molecule has 24 heavy (non-hydrogen) atoms. The summed E-state index contributed by atoms with van der Waals surface area (Å²) in [4.78, 5) is 12.3. The standard InChI is InChI=1S/C18H27ClN2O3/c1-12(2)6-8-24-17-15(19)9-13(10-16(17)23-3)18(22)21-11-14-5-4-7-20-14/h9-10,12,14,20H,4-8,11H2,1-3H3,(H,21,22). The lowest BCUT2D eigenvalue weighted by molar-refractivity contribution is 0.0950. The van der Waals surface area contributed by atoms with E-state index in [9.17, 15) is 4.79 Å². The lowest BCUT2D eigenvalue weighted by Gasteiger charge is -2.16. The Hall–Kier alpha value is -1.46. The van der Waals surface area contributed by atoms with Gasteiger partial charge in [-0.15, -0.1) is 0 Å². The van der Waals surface area contributed by atoms with E-state index < -0.39 is 0 Å². The highest BCUT2D eigenvalue weighted by molar-refractivity contribution is 6.32. The summed E-state index contributed by atoms with van der Waals surface area (Å²) in [6, 6.07) is 3.66. The predicted octanol–water partition coefficient (Wildman–Crippen LogP) is 3.26. The average molecular weight is 355 g/mol. The van der Waals surface area contributed by atoms with Crippen molar-refractivity contribution in [1.82, 2.24) is 10.6 Å². The van der Waals surface area contributed by atoms with Crippen molar-refractivity contribution in [1.29, 1.82) is 0 Å². The molecule has 1 aliphatic rings. The Kier molecular flexibility index (Phi) is 7.18. The third-order valence-electron chi connectivity index (χ3n) is 4.10. The Bertz CT molecular complexity index is 557. The number of methoxy groups -OCH3 is 1. The number of ether oxygens (including phenoxy) is 2. The van der Waals surface area contributed by atoms with Gasteiger partial charge in [-0.25, -0.2) is 0 Å². The van der Waals surface area contributed by atoms with Gasteiger partial charge in [-0.3, -0.25) is 4.79 Å². The number of hydrogen-bond acceptors (Lipinski definition) is 4. The number of hydrogen-bond donors (Lipinski definition) is 2. The van der Waals surface area contributed by atoms with Gasteiger partial charge in [0, 0.05) is 18.2 Å². The summed E-state index contributed by atoms with van der Waals surface area (Å²) in [6.45, 7) is 6.46. The van der Waals surface area contributed by atoms with Gasteiger partial charge >= 0.3 is 0 Å². The summed E-state index contributed by atoms with van der Waals surface area (Å²) in [6.07, 6.45) is 3.17. The number of amides is 1. The first-order valence-electron chi connectivity index (χ1n) is 8.53. The van der Waals surface area contributed by atoms with Crippen LogP contribution >= 0.6 is 11.6 Å². The molecular formula is C18H27ClN2O3. The number of halogens is 1. The molecular weight excluding hydrogens is 328 g/mol. The van der Waals surface area contributed by atoms with Crippen molar-refractivity contribution in [2.45, 2.75) is 39.2 Å². The van der Waals surface area contributed by atoms with E-state index in [1.165, 1.54) is 0 Å². The highest BCUT2D eigenvalue weighted by Gasteiger charge is 2.18. The van der Waals surface area contributed by atoms with Gasteiger partial charge in [-0.05, 0) is 43.9 Å². The number of benzene rings is 1. The fourth-order valence-electron chi connectivity index (χ4n) is 2.64. The monoisotopic (exact) mass is 354 g/mol. The van der Waals surface area contributed by atoms with E-state index in [-0.39, 0.29) is 5.91 Å². The minimum atomic E-state index is -0.155. The van der Waals surface area contributed by atoms with Gasteiger partial charge in [0.15, 0.2) is 11.5 Å². The van der Waals surface area contributed by atoms with Crippen molar-refractivity contribution >= 4 is 17.5 Å². The quantitative estimate of drug-likeness (QED) is 0.752. The van der Waals surface area contributed by atoms with Gasteiger partial charge < -0.3 is 20.1 Å². The van der Waals surface area contributed by atoms with Crippen LogP contribution in [0, 0.1) is 5.92 Å². The molecule has 1 saturated heterocycles. The Morgan fingerprint density at radius 1 is 1.46 bits per heavy atom. The highest BCUT2D eigenvalue weighted by atomic mass is 35.5. The van der Waals surface area contributed by atoms with Crippen LogP contribution in [0.15, 0.2) is 12.1 Å². The summed E-state index contributed by atoms with van der Waals surface area (Å²) >= 11 is 6.30. The lowest BCUT2D eigenvalue weighted by atomic mass is 10.1. The van der Waals surface area contributed by atoms with Crippen LogP contribution in [0.5, 0.6) is 11.5 Å². The number of carbonyl (C=O) groups excluding carboxylic acids is 1. The summed E-state index contributed by atoms with van der Waals surface area (Å²) in [5.41, 5.74) is 0.478. The van der Waals surface area contributed by atoms with E-state index >= 15 is 0 Å². The second-order valence-electron chi connectivity index (χ2n) is 6.52. The van der Waals surface area contributed by atoms with Crippen molar-refractivity contribution in [3.05, 3.63) is 22.7 Å². The van der Waals surface area contributed by atoms with Crippen LogP contribution in [0.2, 0.25) is 5.02 Å². The molecule has 0 aromatic heterocycles. The van der Waals surface area contributed by atoms with Crippen LogP contribution in [0.4, 0.5) is 0 Å². The van der Waals surface area contributed by atoms with Gasteiger partial charge in [-0.2, -0.15) is 0 Å². The number of rotatable bonds is 8. The van der Waals surface area contributed by atoms with Gasteiger partial charge in [0.05, 0.1) is 18.7 Å². The Balaban J connectivity index is 2.02. The normalized spacial score (nSPS) is 17.1. The Morgan fingerprint density at radius 3 is 2.88 bits per heavy atom. The second kappa shape index (κ2) is 9.14. The van der Waals surface area contributed by atoms with Gasteiger partial charge in [0.25, 0.3) is 5.91 Å². The topological polar surface area (TPSA) is 59.6 Å². The molecule has 0 saturated carbocycles. The van der Waals surface area contributed by atoms with E-state index in [2.05, 4.69) is 24.5 Å². The summed E-state index contributed by atoms with van der Waals surface area (Å²) < 4.78 is 11.1. The molecule has 1 atom stereocenters. The molecule has 6 heteroatoms. The minimum absolute atomic E-state index is 0.155. The molecule has 0 radical (unpaired) electrons. The zero-order chi connectivity index (χ0) is 17.5. The summed E-state index contributed by atoms with van der Waals surface area (Å²) in [5, 5.41) is 6.68. The SMILES string of the molecule is COc1cc(C(=O)NCC2CCCN2)cc(Cl)c1OCCC(C)C. The average Bonchev–Trinajstić information content (AvgIpc) is 3.06. The molecule has 1 aliphatic heterocycles. The molecule has 134 valence electrons. The maximum Gasteiger partial charge on any atom is 0.251 e. The maximum atomic E-state index is 12.3. The van der Waals surface area contributed by atoms with Crippen molar-refractivity contribution in [2.24, 2.45) is 5.92 Å². The molecule has 1 unspecified atom stereocenters. The van der Waals surface area contributed by atoms with E-state index in [0.29, 0.717) is 47.2 Å². The molecule has 1 aromatic carbocycles. The molecule has 5 nitrogen and oxygen atoms in total. The maximum absolute atomic E-state index is 12.3. The van der Waals surface area contributed by atoms with Crippen molar-refractivity contribution in [2.75, 3.05) is 26.8 Å². The molecule has 1 heterocycles. The second-order valence-corrected chi connectivity index (χ2v) is 6.93. The smallest absolute Gasteiger partial charge is 0.251 e. The molecule has 2 N–H and O–H groups in total. The van der Waals surface area contributed by atoms with Crippen molar-refractivity contribution < 1.29 is 14.3 Å². The van der Waals surface area contributed by atoms with Crippen molar-refractivity contribution in [3.8, 4) is 11.5 Å². The zero-order valence-corrected chi connectivity index (χ0v) is 15.4. The third kappa shape index (κ3) is 5.28.